The third kappa shape index (κ3) is 2.94. The van der Waals surface area contributed by atoms with E-state index in [1.54, 1.807) is 24.3 Å². The summed E-state index contributed by atoms with van der Waals surface area (Å²) in [4.78, 5) is 52.0. The van der Waals surface area contributed by atoms with Crippen LogP contribution in [0.2, 0.25) is 0 Å². The minimum Gasteiger partial charge on any atom is -0.481 e. The number of para-hydroxylation sites is 1. The molecule has 2 heterocycles. The molecule has 0 radical (unpaired) electrons. The molecule has 0 aliphatic carbocycles. The van der Waals surface area contributed by atoms with Gasteiger partial charge in [0.15, 0.2) is 0 Å². The number of aliphatic carboxylic acids is 1. The Morgan fingerprint density at radius 1 is 1.25 bits per heavy atom. The van der Waals surface area contributed by atoms with Crippen LogP contribution in [0, 0.1) is 5.92 Å². The maximum atomic E-state index is 12.4. The predicted octanol–water partition coefficient (Wildman–Crippen LogP) is 0.0130. The molecule has 1 aliphatic heterocycles. The number of fused-ring (bicyclic) bond motifs is 1. The van der Waals surface area contributed by atoms with E-state index in [1.807, 2.05) is 0 Å². The number of nitrogens with zero attached hydrogens (tertiary/aromatic N) is 2. The van der Waals surface area contributed by atoms with Gasteiger partial charge in [-0.25, -0.2) is 4.79 Å². The number of carbonyl (C=O) groups excluding carboxylic acids is 1. The number of nitrogens with one attached hydrogen (secondary N) is 1. The normalized spacial score (nSPS) is 17.8. The lowest BCUT2D eigenvalue weighted by atomic mass is 9.98. The molecule has 3 rings (SSSR count). The maximum absolute atomic E-state index is 12.4. The summed E-state index contributed by atoms with van der Waals surface area (Å²) in [6.07, 6.45) is 1.11. The molecule has 1 atom stereocenters. The molecular formula is C16H17N3O5. The summed E-state index contributed by atoms with van der Waals surface area (Å²) >= 11 is 0. The lowest BCUT2D eigenvalue weighted by Crippen LogP contribution is -2.46. The largest absolute Gasteiger partial charge is 0.481 e. The van der Waals surface area contributed by atoms with Crippen molar-refractivity contribution in [1.82, 2.24) is 14.5 Å². The van der Waals surface area contributed by atoms with Gasteiger partial charge in [-0.3, -0.25) is 19.0 Å². The number of H-pyrrole nitrogens is 1. The molecule has 2 N–H and O–H groups in total. The van der Waals surface area contributed by atoms with E-state index in [0.717, 1.165) is 4.57 Å². The first-order valence-corrected chi connectivity index (χ1v) is 7.70. The van der Waals surface area contributed by atoms with Crippen LogP contribution in [-0.4, -0.2) is 44.5 Å². The Kier molecular flexibility index (Phi) is 4.20. The Bertz CT molecular complexity index is 914. The average molecular weight is 331 g/mol. The smallest absolute Gasteiger partial charge is 0.329 e. The van der Waals surface area contributed by atoms with E-state index < -0.39 is 35.6 Å². The monoisotopic (exact) mass is 331 g/mol. The van der Waals surface area contributed by atoms with Crippen LogP contribution < -0.4 is 11.2 Å². The van der Waals surface area contributed by atoms with Gasteiger partial charge in [0.05, 0.1) is 16.8 Å². The van der Waals surface area contributed by atoms with Crippen LogP contribution in [0.3, 0.4) is 0 Å². The van der Waals surface area contributed by atoms with E-state index in [9.17, 15) is 19.2 Å². The molecule has 0 unspecified atom stereocenters. The zero-order chi connectivity index (χ0) is 17.3. The van der Waals surface area contributed by atoms with Crippen molar-refractivity contribution >= 4 is 22.8 Å². The molecule has 0 spiro atoms. The van der Waals surface area contributed by atoms with Gasteiger partial charge in [0.2, 0.25) is 5.91 Å². The average Bonchev–Trinajstić information content (AvgIpc) is 2.58. The van der Waals surface area contributed by atoms with Crippen LogP contribution in [0.15, 0.2) is 33.9 Å². The van der Waals surface area contributed by atoms with Crippen molar-refractivity contribution in [2.75, 3.05) is 13.1 Å². The van der Waals surface area contributed by atoms with Crippen LogP contribution in [0.4, 0.5) is 0 Å². The molecule has 8 nitrogen and oxygen atoms in total. The minimum absolute atomic E-state index is 0.106. The van der Waals surface area contributed by atoms with Crippen LogP contribution in [0.1, 0.15) is 12.8 Å². The predicted molar refractivity (Wildman–Crippen MR) is 85.8 cm³/mol. The van der Waals surface area contributed by atoms with E-state index in [-0.39, 0.29) is 6.54 Å². The van der Waals surface area contributed by atoms with Crippen LogP contribution in [0.25, 0.3) is 10.9 Å². The molecular weight excluding hydrogens is 314 g/mol. The Labute approximate surface area is 136 Å². The van der Waals surface area contributed by atoms with Crippen LogP contribution >= 0.6 is 0 Å². The number of amides is 1. The lowest BCUT2D eigenvalue weighted by molar-refractivity contribution is -0.145. The first-order valence-electron chi connectivity index (χ1n) is 7.70. The molecule has 1 aromatic carbocycles. The molecule has 1 aliphatic rings. The van der Waals surface area contributed by atoms with Gasteiger partial charge in [-0.1, -0.05) is 12.1 Å². The second kappa shape index (κ2) is 6.31. The van der Waals surface area contributed by atoms with Crippen LogP contribution in [-0.2, 0) is 16.1 Å². The second-order valence-electron chi connectivity index (χ2n) is 5.88. The van der Waals surface area contributed by atoms with E-state index in [1.165, 1.54) is 4.90 Å². The standard InChI is InChI=1S/C16H17N3O5/c20-13(18-7-3-4-10(8-18)15(22)23)9-19-14(21)11-5-1-2-6-12(11)17-16(19)24/h1-2,5-6,10H,3-4,7-9H2,(H,17,24)(H,22,23)/t10-/m0/s1. The van der Waals surface area contributed by atoms with Gasteiger partial charge in [0.25, 0.3) is 5.56 Å². The second-order valence-corrected chi connectivity index (χ2v) is 5.88. The summed E-state index contributed by atoms with van der Waals surface area (Å²) in [5.74, 6) is -1.97. The number of aromatic amines is 1. The highest BCUT2D eigenvalue weighted by atomic mass is 16.4. The van der Waals surface area contributed by atoms with Crippen molar-refractivity contribution < 1.29 is 14.7 Å². The lowest BCUT2D eigenvalue weighted by Gasteiger charge is -2.30. The molecule has 0 bridgehead atoms. The number of piperidine rings is 1. The third-order valence-electron chi connectivity index (χ3n) is 4.31. The summed E-state index contributed by atoms with van der Waals surface area (Å²) in [6.45, 7) is 0.141. The molecule has 1 aromatic heterocycles. The van der Waals surface area contributed by atoms with Gasteiger partial charge < -0.3 is 15.0 Å². The number of likely N-dealkylation sites (tertiary alicyclic amines) is 1. The Morgan fingerprint density at radius 2 is 2.00 bits per heavy atom. The van der Waals surface area contributed by atoms with Crippen molar-refractivity contribution in [2.24, 2.45) is 5.92 Å². The highest BCUT2D eigenvalue weighted by Crippen LogP contribution is 2.16. The quantitative estimate of drug-likeness (QED) is 0.823. The molecule has 24 heavy (non-hydrogen) atoms. The van der Waals surface area contributed by atoms with E-state index in [0.29, 0.717) is 30.3 Å². The molecule has 1 amide bonds. The maximum Gasteiger partial charge on any atom is 0.329 e. The summed E-state index contributed by atoms with van der Waals surface area (Å²) in [5.41, 5.74) is -0.770. The number of hydrogen-bond acceptors (Lipinski definition) is 4. The molecule has 1 fully saturated rings. The van der Waals surface area contributed by atoms with Gasteiger partial charge in [-0.05, 0) is 25.0 Å². The summed E-state index contributed by atoms with van der Waals surface area (Å²) in [5, 5.41) is 9.41. The fraction of sp³-hybridized carbons (Fsp3) is 0.375. The number of rotatable bonds is 3. The van der Waals surface area contributed by atoms with Gasteiger partial charge in [-0.2, -0.15) is 0 Å². The van der Waals surface area contributed by atoms with Gasteiger partial charge in [0.1, 0.15) is 6.54 Å². The van der Waals surface area contributed by atoms with Crippen molar-refractivity contribution in [3.8, 4) is 0 Å². The Morgan fingerprint density at radius 3 is 2.75 bits per heavy atom. The number of hydrogen-bond donors (Lipinski definition) is 2. The number of aromatic nitrogens is 2. The molecule has 2 aromatic rings. The topological polar surface area (TPSA) is 112 Å². The number of carboxylic acids is 1. The van der Waals surface area contributed by atoms with Gasteiger partial charge >= 0.3 is 11.7 Å². The highest BCUT2D eigenvalue weighted by Gasteiger charge is 2.28. The summed E-state index contributed by atoms with van der Waals surface area (Å²) < 4.78 is 0.856. The number of carbonyl (C=O) groups is 2. The first-order chi connectivity index (χ1) is 11.5. The van der Waals surface area contributed by atoms with Crippen molar-refractivity contribution in [3.05, 3.63) is 45.1 Å². The van der Waals surface area contributed by atoms with E-state index in [4.69, 9.17) is 5.11 Å². The van der Waals surface area contributed by atoms with Gasteiger partial charge in [0, 0.05) is 13.1 Å². The molecule has 126 valence electrons. The highest BCUT2D eigenvalue weighted by molar-refractivity contribution is 5.79. The molecule has 0 saturated carbocycles. The van der Waals surface area contributed by atoms with Gasteiger partial charge in [-0.15, -0.1) is 0 Å². The SMILES string of the molecule is O=C(O)[C@H]1CCCN(C(=O)Cn2c(=O)[nH]c3ccccc3c2=O)C1. The Balaban J connectivity index is 1.87. The van der Waals surface area contributed by atoms with E-state index in [2.05, 4.69) is 4.98 Å². The molecule has 8 heteroatoms. The Hall–Kier alpha value is -2.90. The summed E-state index contributed by atoms with van der Waals surface area (Å²) in [6, 6.07) is 6.58. The van der Waals surface area contributed by atoms with E-state index >= 15 is 0 Å². The fourth-order valence-corrected chi connectivity index (χ4v) is 2.98. The number of carboxylic acid groups (broad SMARTS) is 1. The zero-order valence-corrected chi connectivity index (χ0v) is 12.9. The minimum atomic E-state index is -0.937. The van der Waals surface area contributed by atoms with Crippen molar-refractivity contribution in [2.45, 2.75) is 19.4 Å². The van der Waals surface area contributed by atoms with Crippen molar-refractivity contribution in [3.63, 3.8) is 0 Å². The van der Waals surface area contributed by atoms with Crippen LogP contribution in [0.5, 0.6) is 0 Å². The fourth-order valence-electron chi connectivity index (χ4n) is 2.98. The van der Waals surface area contributed by atoms with Crippen molar-refractivity contribution in [1.29, 1.82) is 0 Å². The zero-order valence-electron chi connectivity index (χ0n) is 12.9. The molecule has 1 saturated heterocycles. The first kappa shape index (κ1) is 16.0. The number of benzene rings is 1. The summed E-state index contributed by atoms with van der Waals surface area (Å²) in [7, 11) is 0. The third-order valence-corrected chi connectivity index (χ3v) is 4.31.